The molecule has 0 saturated carbocycles. The van der Waals surface area contributed by atoms with Gasteiger partial charge in [-0.25, -0.2) is 9.97 Å². The van der Waals surface area contributed by atoms with Gasteiger partial charge in [-0.1, -0.05) is 23.9 Å². The van der Waals surface area contributed by atoms with Crippen molar-refractivity contribution in [2.24, 2.45) is 0 Å². The number of aromatic nitrogens is 2. The Balaban J connectivity index is 2.45. The third-order valence-electron chi connectivity index (χ3n) is 2.59. The van der Waals surface area contributed by atoms with E-state index in [1.165, 1.54) is 36.2 Å². The number of aldehydes is 1. The van der Waals surface area contributed by atoms with E-state index in [0.29, 0.717) is 11.4 Å². The van der Waals surface area contributed by atoms with Crippen LogP contribution in [0.5, 0.6) is 0 Å². The molecule has 0 unspecified atom stereocenters. The van der Waals surface area contributed by atoms with Crippen molar-refractivity contribution in [2.75, 3.05) is 11.6 Å². The highest BCUT2D eigenvalue weighted by Gasteiger charge is 2.33. The van der Waals surface area contributed by atoms with E-state index in [9.17, 15) is 18.0 Å². The van der Waals surface area contributed by atoms with Gasteiger partial charge in [0.1, 0.15) is 5.82 Å². The summed E-state index contributed by atoms with van der Waals surface area (Å²) in [5.74, 6) is 0.0426. The molecular weight excluding hydrogens is 303 g/mol. The summed E-state index contributed by atoms with van der Waals surface area (Å²) in [5, 5.41) is 2.91. The van der Waals surface area contributed by atoms with Gasteiger partial charge in [0.05, 0.1) is 16.8 Å². The average Bonchev–Trinajstić information content (AvgIpc) is 2.46. The van der Waals surface area contributed by atoms with Crippen LogP contribution in [0, 0.1) is 0 Å². The zero-order valence-electron chi connectivity index (χ0n) is 10.8. The molecule has 0 amide bonds. The zero-order chi connectivity index (χ0) is 15.5. The fourth-order valence-electron chi connectivity index (χ4n) is 1.63. The van der Waals surface area contributed by atoms with E-state index in [2.05, 4.69) is 15.3 Å². The number of anilines is 2. The van der Waals surface area contributed by atoms with Crippen LogP contribution < -0.4 is 5.32 Å². The molecule has 0 atom stereocenters. The highest BCUT2D eigenvalue weighted by Crippen LogP contribution is 2.36. The first-order chi connectivity index (χ1) is 9.95. The molecule has 8 heteroatoms. The first-order valence-corrected chi connectivity index (χ1v) is 6.97. The lowest BCUT2D eigenvalue weighted by atomic mass is 10.1. The maximum absolute atomic E-state index is 12.9. The van der Waals surface area contributed by atoms with Gasteiger partial charge in [-0.2, -0.15) is 13.2 Å². The monoisotopic (exact) mass is 313 g/mol. The number of halogens is 3. The molecule has 1 heterocycles. The Kier molecular flexibility index (Phi) is 4.46. The van der Waals surface area contributed by atoms with Gasteiger partial charge in [0.2, 0.25) is 0 Å². The molecule has 2 aromatic rings. The molecule has 0 spiro atoms. The number of alkyl halides is 3. The molecule has 0 aliphatic heterocycles. The molecule has 0 saturated heterocycles. The third-order valence-corrected chi connectivity index (χ3v) is 3.15. The molecule has 0 bridgehead atoms. The molecule has 4 nitrogen and oxygen atoms in total. The predicted molar refractivity (Wildman–Crippen MR) is 73.9 cm³/mol. The lowest BCUT2D eigenvalue weighted by Crippen LogP contribution is -2.10. The standard InChI is InChI=1S/C13H10F3N3OS/c1-21-12-17-6-8(7-20)11(19-12)18-10-5-3-2-4-9(10)13(14,15)16/h2-7H,1H3,(H,17,18,19). The molecule has 1 aromatic heterocycles. The maximum Gasteiger partial charge on any atom is 0.418 e. The molecule has 2 rings (SSSR count). The van der Waals surface area contributed by atoms with Crippen LogP contribution in [0.25, 0.3) is 0 Å². The first kappa shape index (κ1) is 15.3. The number of thioether (sulfide) groups is 1. The van der Waals surface area contributed by atoms with Crippen molar-refractivity contribution < 1.29 is 18.0 Å². The lowest BCUT2D eigenvalue weighted by Gasteiger charge is -2.14. The summed E-state index contributed by atoms with van der Waals surface area (Å²) in [7, 11) is 0. The van der Waals surface area contributed by atoms with Gasteiger partial charge in [0.25, 0.3) is 0 Å². The normalized spacial score (nSPS) is 11.2. The Morgan fingerprint density at radius 1 is 1.29 bits per heavy atom. The van der Waals surface area contributed by atoms with Crippen LogP contribution in [0.1, 0.15) is 15.9 Å². The van der Waals surface area contributed by atoms with Gasteiger partial charge in [-0.15, -0.1) is 0 Å². The Labute approximate surface area is 122 Å². The summed E-state index contributed by atoms with van der Waals surface area (Å²) < 4.78 is 38.8. The quantitative estimate of drug-likeness (QED) is 0.529. The number of rotatable bonds is 4. The minimum absolute atomic E-state index is 0.0426. The second kappa shape index (κ2) is 6.13. The van der Waals surface area contributed by atoms with Crippen LogP contribution in [0.3, 0.4) is 0 Å². The Bertz CT molecular complexity index is 661. The summed E-state index contributed by atoms with van der Waals surface area (Å²) in [6.07, 6.45) is -1.02. The molecular formula is C13H10F3N3OS. The molecule has 0 aliphatic rings. The molecule has 1 N–H and O–H groups in total. The van der Waals surface area contributed by atoms with Crippen molar-refractivity contribution in [1.29, 1.82) is 0 Å². The number of benzene rings is 1. The fraction of sp³-hybridized carbons (Fsp3) is 0.154. The SMILES string of the molecule is CSc1ncc(C=O)c(Nc2ccccc2C(F)(F)F)n1. The summed E-state index contributed by atoms with van der Waals surface area (Å²) in [4.78, 5) is 18.9. The van der Waals surface area contributed by atoms with Crippen molar-refractivity contribution >= 4 is 29.6 Å². The van der Waals surface area contributed by atoms with Crippen molar-refractivity contribution in [2.45, 2.75) is 11.3 Å². The average molecular weight is 313 g/mol. The van der Waals surface area contributed by atoms with E-state index in [1.54, 1.807) is 6.26 Å². The van der Waals surface area contributed by atoms with Gasteiger partial charge < -0.3 is 5.32 Å². The van der Waals surface area contributed by atoms with Crippen molar-refractivity contribution in [3.8, 4) is 0 Å². The highest BCUT2D eigenvalue weighted by atomic mass is 32.2. The zero-order valence-corrected chi connectivity index (χ0v) is 11.6. The number of para-hydroxylation sites is 1. The smallest absolute Gasteiger partial charge is 0.339 e. The van der Waals surface area contributed by atoms with Crippen molar-refractivity contribution in [3.63, 3.8) is 0 Å². The van der Waals surface area contributed by atoms with Crippen LogP contribution in [-0.2, 0) is 6.18 Å². The van der Waals surface area contributed by atoms with Crippen LogP contribution >= 0.6 is 11.8 Å². The van der Waals surface area contributed by atoms with Gasteiger partial charge in [0.15, 0.2) is 11.4 Å². The molecule has 110 valence electrons. The van der Waals surface area contributed by atoms with Gasteiger partial charge in [0, 0.05) is 6.20 Å². The molecule has 0 aliphatic carbocycles. The number of nitrogens with zero attached hydrogens (tertiary/aromatic N) is 2. The number of carbonyl (C=O) groups is 1. The number of carbonyl (C=O) groups excluding carboxylic acids is 1. The Hall–Kier alpha value is -2.09. The van der Waals surface area contributed by atoms with E-state index in [4.69, 9.17) is 0 Å². The molecule has 1 aromatic carbocycles. The molecule has 0 fully saturated rings. The third kappa shape index (κ3) is 3.52. The number of hydrogen-bond donors (Lipinski definition) is 1. The topological polar surface area (TPSA) is 54.9 Å². The van der Waals surface area contributed by atoms with E-state index in [1.807, 2.05) is 0 Å². The lowest BCUT2D eigenvalue weighted by molar-refractivity contribution is -0.136. The highest BCUT2D eigenvalue weighted by molar-refractivity contribution is 7.98. The summed E-state index contributed by atoms with van der Waals surface area (Å²) >= 11 is 1.22. The summed E-state index contributed by atoms with van der Waals surface area (Å²) in [6.45, 7) is 0. The van der Waals surface area contributed by atoms with E-state index in [-0.39, 0.29) is 17.1 Å². The van der Waals surface area contributed by atoms with Crippen LogP contribution in [-0.4, -0.2) is 22.5 Å². The van der Waals surface area contributed by atoms with Crippen molar-refractivity contribution in [1.82, 2.24) is 9.97 Å². The van der Waals surface area contributed by atoms with Crippen LogP contribution in [0.2, 0.25) is 0 Å². The number of hydrogen-bond acceptors (Lipinski definition) is 5. The number of nitrogens with one attached hydrogen (secondary N) is 1. The Morgan fingerprint density at radius 3 is 2.62 bits per heavy atom. The summed E-state index contributed by atoms with van der Waals surface area (Å²) in [6, 6.07) is 4.99. The van der Waals surface area contributed by atoms with E-state index >= 15 is 0 Å². The predicted octanol–water partition coefficient (Wildman–Crippen LogP) is 3.77. The molecule has 21 heavy (non-hydrogen) atoms. The fourth-order valence-corrected chi connectivity index (χ4v) is 1.97. The second-order valence-electron chi connectivity index (χ2n) is 3.95. The summed E-state index contributed by atoms with van der Waals surface area (Å²) in [5.41, 5.74) is -0.908. The van der Waals surface area contributed by atoms with Crippen LogP contribution in [0.15, 0.2) is 35.6 Å². The van der Waals surface area contributed by atoms with Crippen molar-refractivity contribution in [3.05, 3.63) is 41.6 Å². The molecule has 0 radical (unpaired) electrons. The maximum atomic E-state index is 12.9. The van der Waals surface area contributed by atoms with Crippen LogP contribution in [0.4, 0.5) is 24.7 Å². The Morgan fingerprint density at radius 2 is 2.00 bits per heavy atom. The van der Waals surface area contributed by atoms with Gasteiger partial charge in [-0.3, -0.25) is 4.79 Å². The first-order valence-electron chi connectivity index (χ1n) is 5.75. The minimum Gasteiger partial charge on any atom is -0.339 e. The largest absolute Gasteiger partial charge is 0.418 e. The van der Waals surface area contributed by atoms with E-state index < -0.39 is 11.7 Å². The second-order valence-corrected chi connectivity index (χ2v) is 4.72. The minimum atomic E-state index is -4.50. The van der Waals surface area contributed by atoms with Gasteiger partial charge >= 0.3 is 6.18 Å². The van der Waals surface area contributed by atoms with Gasteiger partial charge in [-0.05, 0) is 18.4 Å². The van der Waals surface area contributed by atoms with E-state index in [0.717, 1.165) is 6.07 Å².